The summed E-state index contributed by atoms with van der Waals surface area (Å²) in [5.74, 6) is 0.0331. The number of ether oxygens (including phenoxy) is 1. The highest BCUT2D eigenvalue weighted by atomic mass is 32.1. The van der Waals surface area contributed by atoms with Gasteiger partial charge in [0.1, 0.15) is 5.60 Å². The van der Waals surface area contributed by atoms with Crippen LogP contribution in [-0.4, -0.2) is 35.1 Å². The molecule has 22 heavy (non-hydrogen) atoms. The predicted octanol–water partition coefficient (Wildman–Crippen LogP) is 2.93. The molecule has 6 heteroatoms. The molecule has 120 valence electrons. The number of fused-ring (bicyclic) bond motifs is 1. The van der Waals surface area contributed by atoms with Crippen molar-refractivity contribution in [1.29, 1.82) is 0 Å². The predicted molar refractivity (Wildman–Crippen MR) is 85.2 cm³/mol. The van der Waals surface area contributed by atoms with Gasteiger partial charge in [0.25, 0.3) is 5.91 Å². The van der Waals surface area contributed by atoms with Crippen LogP contribution in [0.2, 0.25) is 0 Å². The molecule has 0 aromatic carbocycles. The minimum atomic E-state index is -0.484. The second kappa shape index (κ2) is 5.57. The van der Waals surface area contributed by atoms with E-state index in [2.05, 4.69) is 5.32 Å². The van der Waals surface area contributed by atoms with Crippen molar-refractivity contribution in [3.63, 3.8) is 0 Å². The molecule has 0 spiro atoms. The average molecular weight is 322 g/mol. The number of amides is 2. The lowest BCUT2D eigenvalue weighted by Crippen LogP contribution is -2.39. The number of thiophene rings is 1. The number of nitrogens with zero attached hydrogens (tertiary/aromatic N) is 1. The summed E-state index contributed by atoms with van der Waals surface area (Å²) in [6.45, 7) is 6.73. The zero-order valence-electron chi connectivity index (χ0n) is 13.3. The molecule has 0 saturated heterocycles. The first-order valence-electron chi connectivity index (χ1n) is 7.71. The molecule has 1 saturated carbocycles. The lowest BCUT2D eigenvalue weighted by Gasteiger charge is -2.30. The Kier molecular flexibility index (Phi) is 3.89. The zero-order chi connectivity index (χ0) is 15.9. The molecule has 1 aliphatic carbocycles. The van der Waals surface area contributed by atoms with Crippen molar-refractivity contribution in [2.24, 2.45) is 0 Å². The fourth-order valence-electron chi connectivity index (χ4n) is 2.49. The lowest BCUT2D eigenvalue weighted by molar-refractivity contribution is 0.0226. The maximum absolute atomic E-state index is 12.2. The minimum Gasteiger partial charge on any atom is -0.444 e. The van der Waals surface area contributed by atoms with Crippen LogP contribution in [0.1, 0.15) is 54.4 Å². The highest BCUT2D eigenvalue weighted by Gasteiger charge is 2.30. The number of carbonyl (C=O) groups is 2. The molecule has 2 amide bonds. The Morgan fingerprint density at radius 2 is 2.09 bits per heavy atom. The van der Waals surface area contributed by atoms with Crippen molar-refractivity contribution in [3.05, 3.63) is 21.4 Å². The third-order valence-electron chi connectivity index (χ3n) is 3.76. The standard InChI is InChI=1S/C16H22N2O3S/c1-16(2,3)21-15(20)18-7-6-11-12(9-22-13(11)8-18)14(19)17-10-4-5-10/h9-10H,4-8H2,1-3H3,(H,17,19). The maximum Gasteiger partial charge on any atom is 0.410 e. The zero-order valence-corrected chi connectivity index (χ0v) is 14.1. The monoisotopic (exact) mass is 322 g/mol. The van der Waals surface area contributed by atoms with Crippen LogP contribution in [-0.2, 0) is 17.7 Å². The molecule has 1 aromatic rings. The van der Waals surface area contributed by atoms with E-state index in [0.717, 1.165) is 28.8 Å². The van der Waals surface area contributed by atoms with Gasteiger partial charge in [-0.1, -0.05) is 0 Å². The largest absolute Gasteiger partial charge is 0.444 e. The van der Waals surface area contributed by atoms with E-state index in [0.29, 0.717) is 25.6 Å². The Balaban J connectivity index is 1.68. The molecule has 2 aliphatic rings. The van der Waals surface area contributed by atoms with Crippen LogP contribution in [0, 0.1) is 0 Å². The number of hydrogen-bond acceptors (Lipinski definition) is 4. The SMILES string of the molecule is CC(C)(C)OC(=O)N1CCc2c(C(=O)NC3CC3)csc2C1. The summed E-state index contributed by atoms with van der Waals surface area (Å²) in [5, 5.41) is 4.95. The number of nitrogens with one attached hydrogen (secondary N) is 1. The van der Waals surface area contributed by atoms with Gasteiger partial charge in [-0.3, -0.25) is 4.79 Å². The van der Waals surface area contributed by atoms with E-state index in [4.69, 9.17) is 4.74 Å². The Morgan fingerprint density at radius 1 is 1.36 bits per heavy atom. The Bertz CT molecular complexity index is 599. The number of carbonyl (C=O) groups excluding carboxylic acids is 2. The van der Waals surface area contributed by atoms with Gasteiger partial charge in [0.05, 0.1) is 12.1 Å². The van der Waals surface area contributed by atoms with Crippen molar-refractivity contribution < 1.29 is 14.3 Å². The van der Waals surface area contributed by atoms with Gasteiger partial charge in [-0.05, 0) is 45.6 Å². The third-order valence-corrected chi connectivity index (χ3v) is 4.77. The summed E-state index contributed by atoms with van der Waals surface area (Å²) in [6.07, 6.45) is 2.61. The van der Waals surface area contributed by atoms with Crippen LogP contribution in [0.5, 0.6) is 0 Å². The summed E-state index contributed by atoms with van der Waals surface area (Å²) < 4.78 is 5.42. The van der Waals surface area contributed by atoms with Crippen LogP contribution in [0.4, 0.5) is 4.79 Å². The molecule has 1 fully saturated rings. The van der Waals surface area contributed by atoms with Gasteiger partial charge >= 0.3 is 6.09 Å². The first kappa shape index (κ1) is 15.3. The molecule has 2 heterocycles. The molecule has 1 aliphatic heterocycles. The van der Waals surface area contributed by atoms with Gasteiger partial charge in [-0.15, -0.1) is 11.3 Å². The summed E-state index contributed by atoms with van der Waals surface area (Å²) in [6, 6.07) is 0.366. The van der Waals surface area contributed by atoms with E-state index < -0.39 is 5.60 Å². The van der Waals surface area contributed by atoms with Crippen molar-refractivity contribution in [3.8, 4) is 0 Å². The molecule has 0 unspecified atom stereocenters. The molecule has 3 rings (SSSR count). The molecule has 0 radical (unpaired) electrons. The summed E-state index contributed by atoms with van der Waals surface area (Å²) >= 11 is 1.56. The fraction of sp³-hybridized carbons (Fsp3) is 0.625. The maximum atomic E-state index is 12.2. The van der Waals surface area contributed by atoms with E-state index >= 15 is 0 Å². The summed E-state index contributed by atoms with van der Waals surface area (Å²) in [5.41, 5.74) is 1.40. The smallest absolute Gasteiger partial charge is 0.410 e. The highest BCUT2D eigenvalue weighted by molar-refractivity contribution is 7.10. The number of hydrogen-bond donors (Lipinski definition) is 1. The fourth-order valence-corrected chi connectivity index (χ4v) is 3.59. The van der Waals surface area contributed by atoms with E-state index in [1.54, 1.807) is 16.2 Å². The molecular formula is C16H22N2O3S. The van der Waals surface area contributed by atoms with Crippen LogP contribution in [0.25, 0.3) is 0 Å². The second-order valence-corrected chi connectivity index (χ2v) is 7.91. The van der Waals surface area contributed by atoms with Crippen molar-refractivity contribution in [2.45, 2.75) is 58.2 Å². The molecule has 1 N–H and O–H groups in total. The highest BCUT2D eigenvalue weighted by Crippen LogP contribution is 2.30. The van der Waals surface area contributed by atoms with E-state index in [9.17, 15) is 9.59 Å². The first-order chi connectivity index (χ1) is 10.3. The van der Waals surface area contributed by atoms with Crippen molar-refractivity contribution >= 4 is 23.3 Å². The number of rotatable bonds is 2. The van der Waals surface area contributed by atoms with Gasteiger partial charge in [0, 0.05) is 22.8 Å². The summed E-state index contributed by atoms with van der Waals surface area (Å²) in [4.78, 5) is 27.2. The van der Waals surface area contributed by atoms with Gasteiger partial charge in [-0.25, -0.2) is 4.79 Å². The molecular weight excluding hydrogens is 300 g/mol. The molecule has 5 nitrogen and oxygen atoms in total. The van der Waals surface area contributed by atoms with E-state index in [1.807, 2.05) is 26.2 Å². The van der Waals surface area contributed by atoms with Crippen LogP contribution in [0.3, 0.4) is 0 Å². The Morgan fingerprint density at radius 3 is 2.73 bits per heavy atom. The van der Waals surface area contributed by atoms with E-state index in [-0.39, 0.29) is 12.0 Å². The molecule has 0 bridgehead atoms. The quantitative estimate of drug-likeness (QED) is 0.911. The molecule has 0 atom stereocenters. The molecule has 1 aromatic heterocycles. The van der Waals surface area contributed by atoms with Crippen molar-refractivity contribution in [2.75, 3.05) is 6.54 Å². The van der Waals surface area contributed by atoms with Crippen molar-refractivity contribution in [1.82, 2.24) is 10.2 Å². The van der Waals surface area contributed by atoms with Gasteiger partial charge in [0.15, 0.2) is 0 Å². The van der Waals surface area contributed by atoms with E-state index in [1.165, 1.54) is 0 Å². The topological polar surface area (TPSA) is 58.6 Å². The van der Waals surface area contributed by atoms with Crippen LogP contribution >= 0.6 is 11.3 Å². The second-order valence-electron chi connectivity index (χ2n) is 6.95. The minimum absolute atomic E-state index is 0.0331. The average Bonchev–Trinajstić information content (AvgIpc) is 3.13. The van der Waals surface area contributed by atoms with Crippen LogP contribution in [0.15, 0.2) is 5.38 Å². The first-order valence-corrected chi connectivity index (χ1v) is 8.59. The van der Waals surface area contributed by atoms with Crippen LogP contribution < -0.4 is 5.32 Å². The summed E-state index contributed by atoms with van der Waals surface area (Å²) in [7, 11) is 0. The van der Waals surface area contributed by atoms with Gasteiger partial charge in [0.2, 0.25) is 0 Å². The van der Waals surface area contributed by atoms with Gasteiger partial charge < -0.3 is 15.0 Å². The third kappa shape index (κ3) is 3.43. The lowest BCUT2D eigenvalue weighted by atomic mass is 10.0. The normalized spacial score (nSPS) is 17.9. The Hall–Kier alpha value is -1.56. The van der Waals surface area contributed by atoms with Gasteiger partial charge in [-0.2, -0.15) is 0 Å². The Labute approximate surface area is 134 Å².